The van der Waals surface area contributed by atoms with Crippen LogP contribution in [0.2, 0.25) is 0 Å². The predicted octanol–water partition coefficient (Wildman–Crippen LogP) is 1.72. The molecule has 2 saturated carbocycles. The molecule has 0 aromatic carbocycles. The highest BCUT2D eigenvalue weighted by atomic mass is 16.2. The lowest BCUT2D eigenvalue weighted by Crippen LogP contribution is -2.61. The molecule has 248 valence electrons. The number of Topliss-reactive ketones (excluding diaryl/α,β-unsaturated/α-hetero) is 1. The number of rotatable bonds is 14. The Morgan fingerprint density at radius 1 is 0.864 bits per heavy atom. The summed E-state index contributed by atoms with van der Waals surface area (Å²) >= 11 is 0. The summed E-state index contributed by atoms with van der Waals surface area (Å²) in [5.74, 6) is -1.81. The van der Waals surface area contributed by atoms with E-state index in [0.717, 1.165) is 25.7 Å². The Morgan fingerprint density at radius 2 is 1.48 bits per heavy atom. The molecule has 1 aliphatic heterocycles. The molecule has 0 radical (unpaired) electrons. The third-order valence-corrected chi connectivity index (χ3v) is 9.10. The number of likely N-dealkylation sites (N-methyl/N-ethyl adjacent to an activating group) is 1. The Labute approximate surface area is 262 Å². The summed E-state index contributed by atoms with van der Waals surface area (Å²) in [6.07, 6.45) is 4.85. The molecular weight excluding hydrogens is 564 g/mol. The van der Waals surface area contributed by atoms with Crippen LogP contribution in [0.25, 0.3) is 0 Å². The van der Waals surface area contributed by atoms with Crippen LogP contribution < -0.4 is 26.6 Å². The van der Waals surface area contributed by atoms with E-state index in [2.05, 4.69) is 26.6 Å². The van der Waals surface area contributed by atoms with Gasteiger partial charge in [0.1, 0.15) is 18.1 Å². The molecule has 3 aliphatic rings. The monoisotopic (exact) mass is 618 g/mol. The van der Waals surface area contributed by atoms with Crippen LogP contribution in [0.1, 0.15) is 87.0 Å². The molecule has 2 aliphatic carbocycles. The van der Waals surface area contributed by atoms with E-state index in [-0.39, 0.29) is 29.6 Å². The summed E-state index contributed by atoms with van der Waals surface area (Å²) in [5.41, 5.74) is -0.726. The predicted molar refractivity (Wildman–Crippen MR) is 166 cm³/mol. The molecule has 1 saturated heterocycles. The van der Waals surface area contributed by atoms with E-state index in [0.29, 0.717) is 31.8 Å². The molecule has 5 N–H and O–H groups in total. The van der Waals surface area contributed by atoms with Crippen LogP contribution in [0.3, 0.4) is 0 Å². The number of hydrogen-bond donors (Lipinski definition) is 5. The van der Waals surface area contributed by atoms with Gasteiger partial charge in [0.2, 0.25) is 23.5 Å². The smallest absolute Gasteiger partial charge is 0.316 e. The molecule has 5 atom stereocenters. The van der Waals surface area contributed by atoms with Gasteiger partial charge in [-0.15, -0.1) is 0 Å². The van der Waals surface area contributed by atoms with Crippen molar-refractivity contribution in [2.24, 2.45) is 35.0 Å². The SMILES string of the molecule is CNC(=O)C(=O)C(CC1CC1)NC(=O)[C@@H]1C[C@@H](C(C)C)CN1C(=O)[C@@H](NC(=O)N[C@H](C(=O)NCC1CC1)C(C)C)C(C)(C)C. The first-order chi connectivity index (χ1) is 20.5. The molecule has 6 amide bonds. The van der Waals surface area contributed by atoms with E-state index in [9.17, 15) is 28.8 Å². The maximum absolute atomic E-state index is 14.2. The van der Waals surface area contributed by atoms with E-state index >= 15 is 0 Å². The molecule has 1 heterocycles. The number of nitrogens with zero attached hydrogens (tertiary/aromatic N) is 1. The number of likely N-dealkylation sites (tertiary alicyclic amines) is 1. The van der Waals surface area contributed by atoms with Crippen LogP contribution in [-0.2, 0) is 24.0 Å². The van der Waals surface area contributed by atoms with Gasteiger partial charge in [0.25, 0.3) is 5.91 Å². The molecule has 12 nitrogen and oxygen atoms in total. The maximum atomic E-state index is 14.2. The Hall–Kier alpha value is -3.18. The standard InChI is InChI=1S/C32H54N6O6/c1-17(2)21-14-23(27(40)35-22(13-19-9-10-19)25(39)29(42)33-8)38(16-21)30(43)26(32(5,6)7)37-31(44)36-24(18(3)4)28(41)34-15-20-11-12-20/h17-24,26H,9-16H2,1-8H3,(H,33,42)(H,34,41)(H,35,40)(H2,36,37,44)/t21-,22?,23+,24+,26-/m1/s1. The highest BCUT2D eigenvalue weighted by Gasteiger charge is 2.46. The Bertz CT molecular complexity index is 1090. The fourth-order valence-electron chi connectivity index (χ4n) is 5.65. The molecule has 12 heteroatoms. The summed E-state index contributed by atoms with van der Waals surface area (Å²) < 4.78 is 0. The number of ketones is 1. The van der Waals surface area contributed by atoms with E-state index in [1.165, 1.54) is 11.9 Å². The molecule has 44 heavy (non-hydrogen) atoms. The first kappa shape index (κ1) is 35.3. The molecule has 0 aromatic rings. The Kier molecular flexibility index (Phi) is 11.8. The summed E-state index contributed by atoms with van der Waals surface area (Å²) in [6, 6.07) is -4.24. The van der Waals surface area contributed by atoms with Gasteiger partial charge >= 0.3 is 6.03 Å². The average molecular weight is 619 g/mol. The number of nitrogens with one attached hydrogen (secondary N) is 5. The summed E-state index contributed by atoms with van der Waals surface area (Å²) in [5, 5.41) is 13.6. The van der Waals surface area contributed by atoms with Crippen LogP contribution in [0.5, 0.6) is 0 Å². The summed E-state index contributed by atoms with van der Waals surface area (Å²) in [6.45, 7) is 14.2. The van der Waals surface area contributed by atoms with Crippen LogP contribution >= 0.6 is 0 Å². The van der Waals surface area contributed by atoms with Gasteiger partial charge < -0.3 is 31.5 Å². The number of hydrogen-bond acceptors (Lipinski definition) is 6. The van der Waals surface area contributed by atoms with E-state index in [1.54, 1.807) is 0 Å². The van der Waals surface area contributed by atoms with Crippen LogP contribution in [0.4, 0.5) is 4.79 Å². The first-order valence-corrected chi connectivity index (χ1v) is 16.2. The molecule has 0 aromatic heterocycles. The zero-order valence-electron chi connectivity index (χ0n) is 27.7. The zero-order chi connectivity index (χ0) is 32.9. The van der Waals surface area contributed by atoms with Crippen molar-refractivity contribution >= 4 is 35.4 Å². The second-order valence-electron chi connectivity index (χ2n) is 14.8. The van der Waals surface area contributed by atoms with Crippen molar-refractivity contribution in [3.8, 4) is 0 Å². The quantitative estimate of drug-likeness (QED) is 0.186. The van der Waals surface area contributed by atoms with Gasteiger partial charge in [-0.2, -0.15) is 0 Å². The maximum Gasteiger partial charge on any atom is 0.316 e. The van der Waals surface area contributed by atoms with Crippen molar-refractivity contribution in [3.63, 3.8) is 0 Å². The van der Waals surface area contributed by atoms with E-state index in [4.69, 9.17) is 0 Å². The third-order valence-electron chi connectivity index (χ3n) is 9.10. The average Bonchev–Trinajstić information content (AvgIpc) is 3.89. The number of urea groups is 1. The van der Waals surface area contributed by atoms with Gasteiger partial charge in [-0.1, -0.05) is 61.3 Å². The van der Waals surface area contributed by atoms with Crippen molar-refractivity contribution in [3.05, 3.63) is 0 Å². The second kappa shape index (κ2) is 14.7. The summed E-state index contributed by atoms with van der Waals surface area (Å²) in [4.78, 5) is 80.5. The fraction of sp³-hybridized carbons (Fsp3) is 0.812. The van der Waals surface area contributed by atoms with Crippen molar-refractivity contribution in [1.29, 1.82) is 0 Å². The van der Waals surface area contributed by atoms with Gasteiger partial charge in [0.05, 0.1) is 6.04 Å². The van der Waals surface area contributed by atoms with Crippen molar-refractivity contribution in [2.75, 3.05) is 20.1 Å². The normalized spacial score (nSPS) is 22.2. The highest BCUT2D eigenvalue weighted by molar-refractivity contribution is 6.38. The summed E-state index contributed by atoms with van der Waals surface area (Å²) in [7, 11) is 1.38. The lowest BCUT2D eigenvalue weighted by molar-refractivity contribution is -0.143. The van der Waals surface area contributed by atoms with E-state index in [1.807, 2.05) is 48.5 Å². The van der Waals surface area contributed by atoms with Gasteiger partial charge in [-0.05, 0) is 60.7 Å². The van der Waals surface area contributed by atoms with Gasteiger partial charge in [0.15, 0.2) is 0 Å². The number of amides is 6. The number of carbonyl (C=O) groups excluding carboxylic acids is 6. The number of carbonyl (C=O) groups is 6. The molecule has 0 bridgehead atoms. The molecule has 3 fully saturated rings. The van der Waals surface area contributed by atoms with E-state index < -0.39 is 59.1 Å². The van der Waals surface area contributed by atoms with Crippen LogP contribution in [0, 0.1) is 35.0 Å². The minimum absolute atomic E-state index is 0.0288. The lowest BCUT2D eigenvalue weighted by atomic mass is 9.85. The lowest BCUT2D eigenvalue weighted by Gasteiger charge is -2.36. The van der Waals surface area contributed by atoms with Crippen molar-refractivity contribution in [1.82, 2.24) is 31.5 Å². The molecule has 3 rings (SSSR count). The van der Waals surface area contributed by atoms with Gasteiger partial charge in [-0.3, -0.25) is 24.0 Å². The molecular formula is C32H54N6O6. The minimum atomic E-state index is -0.999. The van der Waals surface area contributed by atoms with Gasteiger partial charge in [-0.25, -0.2) is 4.79 Å². The zero-order valence-corrected chi connectivity index (χ0v) is 27.7. The van der Waals surface area contributed by atoms with Crippen LogP contribution in [0.15, 0.2) is 0 Å². The van der Waals surface area contributed by atoms with Crippen molar-refractivity contribution < 1.29 is 28.8 Å². The Morgan fingerprint density at radius 3 is 1.98 bits per heavy atom. The largest absolute Gasteiger partial charge is 0.354 e. The first-order valence-electron chi connectivity index (χ1n) is 16.2. The third kappa shape index (κ3) is 9.66. The molecule has 0 spiro atoms. The van der Waals surface area contributed by atoms with Gasteiger partial charge in [0, 0.05) is 20.1 Å². The fourth-order valence-corrected chi connectivity index (χ4v) is 5.65. The second-order valence-corrected chi connectivity index (χ2v) is 14.8. The molecule has 1 unspecified atom stereocenters. The highest BCUT2D eigenvalue weighted by Crippen LogP contribution is 2.35. The van der Waals surface area contributed by atoms with Crippen molar-refractivity contribution in [2.45, 2.75) is 111 Å². The Balaban J connectivity index is 1.77. The minimum Gasteiger partial charge on any atom is -0.354 e. The van der Waals surface area contributed by atoms with Crippen LogP contribution in [-0.4, -0.2) is 84.6 Å². The topological polar surface area (TPSA) is 166 Å².